The van der Waals surface area contributed by atoms with Crippen LogP contribution in [0.4, 0.5) is 0 Å². The summed E-state index contributed by atoms with van der Waals surface area (Å²) in [6, 6.07) is 12.2. The Morgan fingerprint density at radius 2 is 1.76 bits per heavy atom. The lowest BCUT2D eigenvalue weighted by Crippen LogP contribution is -2.51. The number of amides is 2. The molecule has 0 bridgehead atoms. The highest BCUT2D eigenvalue weighted by atomic mass is 16.3. The number of likely N-dealkylation sites (tertiary alicyclic amines) is 1. The van der Waals surface area contributed by atoms with E-state index in [2.05, 4.69) is 10.3 Å². The average molecular weight is 460 g/mol. The first-order valence-electron chi connectivity index (χ1n) is 11.9. The molecule has 1 atom stereocenters. The molecule has 34 heavy (non-hydrogen) atoms. The number of aromatic nitrogens is 1. The Labute approximate surface area is 197 Å². The summed E-state index contributed by atoms with van der Waals surface area (Å²) in [6.07, 6.45) is 6.13. The van der Waals surface area contributed by atoms with Crippen molar-refractivity contribution >= 4 is 22.6 Å². The normalized spacial score (nSPS) is 19.4. The van der Waals surface area contributed by atoms with Crippen molar-refractivity contribution in [2.24, 2.45) is 5.41 Å². The molecule has 0 radical (unpaired) electrons. The number of piperidine rings is 1. The number of hydrogen-bond donors (Lipinski definition) is 3. The largest absolute Gasteiger partial charge is 0.508 e. The van der Waals surface area contributed by atoms with Crippen molar-refractivity contribution in [2.75, 3.05) is 13.1 Å². The number of H-pyrrole nitrogens is 1. The van der Waals surface area contributed by atoms with Crippen LogP contribution in [0, 0.1) is 12.3 Å². The quantitative estimate of drug-likeness (QED) is 0.555. The molecular formula is C27H29N3O4. The third-order valence-corrected chi connectivity index (χ3v) is 7.85. The highest BCUT2D eigenvalue weighted by Crippen LogP contribution is 2.46. The van der Waals surface area contributed by atoms with Gasteiger partial charge in [0.15, 0.2) is 0 Å². The van der Waals surface area contributed by atoms with Crippen LogP contribution in [0.25, 0.3) is 10.8 Å². The minimum atomic E-state index is -0.205. The molecule has 1 saturated carbocycles. The number of hydrogen-bond acceptors (Lipinski definition) is 4. The van der Waals surface area contributed by atoms with Gasteiger partial charge in [-0.3, -0.25) is 14.4 Å². The predicted octanol–water partition coefficient (Wildman–Crippen LogP) is 3.75. The summed E-state index contributed by atoms with van der Waals surface area (Å²) in [7, 11) is 0. The van der Waals surface area contributed by atoms with E-state index in [4.69, 9.17) is 0 Å². The van der Waals surface area contributed by atoms with Gasteiger partial charge in [-0.15, -0.1) is 0 Å². The molecule has 3 aromatic rings. The van der Waals surface area contributed by atoms with Gasteiger partial charge in [-0.05, 0) is 56.2 Å². The summed E-state index contributed by atoms with van der Waals surface area (Å²) in [4.78, 5) is 43.0. The second-order valence-electron chi connectivity index (χ2n) is 9.60. The van der Waals surface area contributed by atoms with Crippen LogP contribution in [-0.2, 0) is 0 Å². The first kappa shape index (κ1) is 22.2. The first-order valence-corrected chi connectivity index (χ1v) is 11.9. The van der Waals surface area contributed by atoms with Crippen molar-refractivity contribution in [1.82, 2.24) is 15.2 Å². The molecule has 2 heterocycles. The number of fused-ring (bicyclic) bond motifs is 1. The number of aromatic amines is 1. The number of phenolic OH excluding ortho intramolecular Hbond substituents is 1. The van der Waals surface area contributed by atoms with Gasteiger partial charge in [-0.2, -0.15) is 0 Å². The van der Waals surface area contributed by atoms with E-state index in [1.54, 1.807) is 43.3 Å². The summed E-state index contributed by atoms with van der Waals surface area (Å²) in [6.45, 7) is 3.01. The zero-order valence-electron chi connectivity index (χ0n) is 19.3. The van der Waals surface area contributed by atoms with E-state index in [-0.39, 0.29) is 34.6 Å². The minimum absolute atomic E-state index is 0.0295. The molecule has 5 rings (SSSR count). The van der Waals surface area contributed by atoms with Gasteiger partial charge >= 0.3 is 0 Å². The molecule has 1 aliphatic carbocycles. The predicted molar refractivity (Wildman–Crippen MR) is 130 cm³/mol. The Hall–Kier alpha value is -3.61. The van der Waals surface area contributed by atoms with Crippen molar-refractivity contribution in [3.8, 4) is 5.75 Å². The lowest BCUT2D eigenvalue weighted by molar-refractivity contribution is 0.0507. The number of benzene rings is 2. The standard InChI is InChI=1S/C27H29N3O4/c1-17-18(8-4-9-22(17)31)26(34)30-14-12-27(13-15-30)11-5-10-23(27)29-25(33)21-16-28-24(32)20-7-3-2-6-19(20)21/h2-4,6-9,16,23,31H,5,10-15H2,1H3,(H,28,32)(H,29,33). The molecule has 7 heteroatoms. The van der Waals surface area contributed by atoms with Crippen molar-refractivity contribution in [1.29, 1.82) is 0 Å². The molecule has 2 aromatic carbocycles. The highest BCUT2D eigenvalue weighted by Gasteiger charge is 2.46. The van der Waals surface area contributed by atoms with Gasteiger partial charge in [0.25, 0.3) is 17.4 Å². The lowest BCUT2D eigenvalue weighted by Gasteiger charge is -2.43. The van der Waals surface area contributed by atoms with Crippen LogP contribution in [0.1, 0.15) is 58.4 Å². The maximum absolute atomic E-state index is 13.3. The number of phenols is 1. The van der Waals surface area contributed by atoms with Gasteiger partial charge in [0.05, 0.1) is 5.56 Å². The summed E-state index contributed by atoms with van der Waals surface area (Å²) >= 11 is 0. The summed E-state index contributed by atoms with van der Waals surface area (Å²) in [5, 5.41) is 14.4. The van der Waals surface area contributed by atoms with E-state index in [1.165, 1.54) is 6.20 Å². The number of nitrogens with zero attached hydrogens (tertiary/aromatic N) is 1. The molecule has 2 fully saturated rings. The molecule has 1 unspecified atom stereocenters. The fraction of sp³-hybridized carbons (Fsp3) is 0.370. The molecule has 7 nitrogen and oxygen atoms in total. The monoisotopic (exact) mass is 459 g/mol. The van der Waals surface area contributed by atoms with E-state index < -0.39 is 0 Å². The Morgan fingerprint density at radius 3 is 2.53 bits per heavy atom. The smallest absolute Gasteiger partial charge is 0.255 e. The number of aromatic hydroxyl groups is 1. The highest BCUT2D eigenvalue weighted by molar-refractivity contribution is 6.06. The van der Waals surface area contributed by atoms with Crippen LogP contribution in [-0.4, -0.2) is 45.9 Å². The Balaban J connectivity index is 1.31. The van der Waals surface area contributed by atoms with E-state index >= 15 is 0 Å². The fourth-order valence-corrected chi connectivity index (χ4v) is 5.78. The molecule has 1 saturated heterocycles. The molecule has 1 aliphatic heterocycles. The molecule has 176 valence electrons. The van der Waals surface area contributed by atoms with Gasteiger partial charge in [0.2, 0.25) is 0 Å². The van der Waals surface area contributed by atoms with E-state index in [0.29, 0.717) is 40.6 Å². The van der Waals surface area contributed by atoms with E-state index in [9.17, 15) is 19.5 Å². The number of pyridine rings is 1. The third-order valence-electron chi connectivity index (χ3n) is 7.85. The van der Waals surface area contributed by atoms with Crippen LogP contribution < -0.4 is 10.9 Å². The number of carbonyl (C=O) groups excluding carboxylic acids is 2. The van der Waals surface area contributed by atoms with Gasteiger partial charge in [0, 0.05) is 47.2 Å². The van der Waals surface area contributed by atoms with Crippen LogP contribution >= 0.6 is 0 Å². The maximum Gasteiger partial charge on any atom is 0.255 e. The van der Waals surface area contributed by atoms with Crippen LogP contribution in [0.2, 0.25) is 0 Å². The summed E-state index contributed by atoms with van der Waals surface area (Å²) < 4.78 is 0. The minimum Gasteiger partial charge on any atom is -0.508 e. The number of carbonyl (C=O) groups is 2. The first-order chi connectivity index (χ1) is 16.4. The van der Waals surface area contributed by atoms with Crippen molar-refractivity contribution in [3.05, 3.63) is 75.7 Å². The number of nitrogens with one attached hydrogen (secondary N) is 2. The van der Waals surface area contributed by atoms with Crippen molar-refractivity contribution in [2.45, 2.75) is 45.1 Å². The third kappa shape index (κ3) is 3.75. The Kier molecular flexibility index (Phi) is 5.63. The fourth-order valence-electron chi connectivity index (χ4n) is 5.78. The lowest BCUT2D eigenvalue weighted by atomic mass is 9.74. The SMILES string of the molecule is Cc1c(O)cccc1C(=O)N1CCC2(CCCC2NC(=O)c2c[nH]c(=O)c3ccccc23)CC1. The molecule has 1 spiro atoms. The van der Waals surface area contributed by atoms with Gasteiger partial charge < -0.3 is 20.3 Å². The van der Waals surface area contributed by atoms with Crippen molar-refractivity contribution < 1.29 is 14.7 Å². The second kappa shape index (κ2) is 8.63. The molecule has 1 aromatic heterocycles. The molecule has 3 N–H and O–H groups in total. The zero-order valence-corrected chi connectivity index (χ0v) is 19.3. The van der Waals surface area contributed by atoms with Crippen LogP contribution in [0.15, 0.2) is 53.5 Å². The Morgan fingerprint density at radius 1 is 1.03 bits per heavy atom. The maximum atomic E-state index is 13.3. The van der Waals surface area contributed by atoms with Gasteiger partial charge in [-0.25, -0.2) is 0 Å². The van der Waals surface area contributed by atoms with Crippen LogP contribution in [0.5, 0.6) is 5.75 Å². The van der Waals surface area contributed by atoms with Crippen molar-refractivity contribution in [3.63, 3.8) is 0 Å². The second-order valence-corrected chi connectivity index (χ2v) is 9.60. The van der Waals surface area contributed by atoms with Crippen LogP contribution in [0.3, 0.4) is 0 Å². The average Bonchev–Trinajstić information content (AvgIpc) is 3.22. The van der Waals surface area contributed by atoms with Gasteiger partial charge in [0.1, 0.15) is 5.75 Å². The zero-order chi connectivity index (χ0) is 23.9. The molecule has 2 amide bonds. The molecule has 2 aliphatic rings. The number of rotatable bonds is 3. The Bertz CT molecular complexity index is 1320. The summed E-state index contributed by atoms with van der Waals surface area (Å²) in [5.74, 6) is -0.0955. The molecular weight excluding hydrogens is 430 g/mol. The summed E-state index contributed by atoms with van der Waals surface area (Å²) in [5.41, 5.74) is 1.38. The van der Waals surface area contributed by atoms with E-state index in [0.717, 1.165) is 32.1 Å². The van der Waals surface area contributed by atoms with Gasteiger partial charge in [-0.1, -0.05) is 30.7 Å². The topological polar surface area (TPSA) is 102 Å². The van der Waals surface area contributed by atoms with E-state index in [1.807, 2.05) is 11.0 Å².